The van der Waals surface area contributed by atoms with Crippen LogP contribution >= 0.6 is 0 Å². The average Bonchev–Trinajstić information content (AvgIpc) is 2.72. The second kappa shape index (κ2) is 5.36. The molecule has 2 bridgehead atoms. The Morgan fingerprint density at radius 2 is 2.05 bits per heavy atom. The van der Waals surface area contributed by atoms with Crippen LogP contribution in [0.5, 0.6) is 5.88 Å². The maximum Gasteiger partial charge on any atom is 0.274 e. The van der Waals surface area contributed by atoms with E-state index in [1.165, 1.54) is 20.0 Å². The molecule has 0 aliphatic carbocycles. The molecule has 0 radical (unpaired) electrons. The van der Waals surface area contributed by atoms with Crippen LogP contribution in [0, 0.1) is 0 Å². The molecule has 2 atom stereocenters. The van der Waals surface area contributed by atoms with E-state index in [-0.39, 0.29) is 5.91 Å². The summed E-state index contributed by atoms with van der Waals surface area (Å²) < 4.78 is 4.96. The zero-order valence-corrected chi connectivity index (χ0v) is 12.0. The minimum atomic E-state index is -0.0268. The topological polar surface area (TPSA) is 58.6 Å². The van der Waals surface area contributed by atoms with Crippen molar-refractivity contribution in [2.45, 2.75) is 31.3 Å². The minimum Gasteiger partial charge on any atom is -0.480 e. The molecule has 0 saturated carbocycles. The van der Waals surface area contributed by atoms with Crippen molar-refractivity contribution in [3.8, 4) is 5.88 Å². The van der Waals surface area contributed by atoms with E-state index >= 15 is 0 Å². The predicted molar refractivity (Wildman–Crippen MR) is 73.7 cm³/mol. The van der Waals surface area contributed by atoms with E-state index in [0.717, 1.165) is 19.5 Å². The lowest BCUT2D eigenvalue weighted by Crippen LogP contribution is -2.40. The highest BCUT2D eigenvalue weighted by Gasteiger charge is 2.36. The lowest BCUT2D eigenvalue weighted by Gasteiger charge is -2.25. The van der Waals surface area contributed by atoms with Gasteiger partial charge in [0.15, 0.2) is 5.69 Å². The van der Waals surface area contributed by atoms with Crippen LogP contribution in [0.1, 0.15) is 29.8 Å². The maximum absolute atomic E-state index is 12.5. The summed E-state index contributed by atoms with van der Waals surface area (Å²) >= 11 is 0. The van der Waals surface area contributed by atoms with Crippen LogP contribution in [-0.4, -0.2) is 65.2 Å². The predicted octanol–water partition coefficient (Wildman–Crippen LogP) is 0.794. The molecular weight excluding hydrogens is 256 g/mol. The number of hydrogen-bond donors (Lipinski definition) is 0. The van der Waals surface area contributed by atoms with Crippen LogP contribution < -0.4 is 4.74 Å². The van der Waals surface area contributed by atoms with Gasteiger partial charge in [-0.25, -0.2) is 0 Å². The zero-order chi connectivity index (χ0) is 14.1. The number of methoxy groups -OCH3 is 1. The number of nitrogens with zero attached hydrogens (tertiary/aromatic N) is 4. The summed E-state index contributed by atoms with van der Waals surface area (Å²) in [6.07, 6.45) is 3.48. The van der Waals surface area contributed by atoms with E-state index in [1.807, 2.05) is 4.90 Å². The summed E-state index contributed by atoms with van der Waals surface area (Å²) in [6.45, 7) is 1.59. The summed E-state index contributed by atoms with van der Waals surface area (Å²) in [5, 5.41) is 7.83. The molecule has 3 heterocycles. The SMILES string of the molecule is COc1ccc(C(=O)N2CC[C@H]3CC[C@@H](C2)N3C)nn1. The molecule has 2 fully saturated rings. The molecule has 3 rings (SSSR count). The Bertz CT molecular complexity index is 490. The molecule has 6 heteroatoms. The van der Waals surface area contributed by atoms with Crippen molar-refractivity contribution in [3.05, 3.63) is 17.8 Å². The van der Waals surface area contributed by atoms with Crippen molar-refractivity contribution in [2.24, 2.45) is 0 Å². The third-order valence-corrected chi connectivity index (χ3v) is 4.50. The average molecular weight is 276 g/mol. The molecule has 2 saturated heterocycles. The first-order valence-electron chi connectivity index (χ1n) is 7.08. The fourth-order valence-corrected chi connectivity index (χ4v) is 3.20. The van der Waals surface area contributed by atoms with Crippen molar-refractivity contribution >= 4 is 5.91 Å². The largest absolute Gasteiger partial charge is 0.480 e. The third-order valence-electron chi connectivity index (χ3n) is 4.50. The van der Waals surface area contributed by atoms with Crippen LogP contribution in [0.3, 0.4) is 0 Å². The summed E-state index contributed by atoms with van der Waals surface area (Å²) in [5.74, 6) is 0.400. The van der Waals surface area contributed by atoms with E-state index in [2.05, 4.69) is 22.1 Å². The van der Waals surface area contributed by atoms with E-state index in [0.29, 0.717) is 23.7 Å². The summed E-state index contributed by atoms with van der Waals surface area (Å²) in [4.78, 5) is 16.8. The van der Waals surface area contributed by atoms with E-state index in [4.69, 9.17) is 4.74 Å². The molecule has 2 aliphatic heterocycles. The lowest BCUT2D eigenvalue weighted by molar-refractivity contribution is 0.0733. The molecule has 1 aromatic rings. The second-order valence-electron chi connectivity index (χ2n) is 5.55. The summed E-state index contributed by atoms with van der Waals surface area (Å²) in [5.41, 5.74) is 0.395. The van der Waals surface area contributed by atoms with Gasteiger partial charge < -0.3 is 9.64 Å². The number of carbonyl (C=O) groups is 1. The van der Waals surface area contributed by atoms with Crippen LogP contribution in [0.25, 0.3) is 0 Å². The fraction of sp³-hybridized carbons (Fsp3) is 0.643. The fourth-order valence-electron chi connectivity index (χ4n) is 3.20. The number of fused-ring (bicyclic) bond motifs is 2. The van der Waals surface area contributed by atoms with E-state index in [9.17, 15) is 4.79 Å². The number of likely N-dealkylation sites (N-methyl/N-ethyl adjacent to an activating group) is 1. The van der Waals surface area contributed by atoms with Gasteiger partial charge in [-0.3, -0.25) is 9.69 Å². The van der Waals surface area contributed by atoms with Gasteiger partial charge in [0.25, 0.3) is 5.91 Å². The highest BCUT2D eigenvalue weighted by molar-refractivity contribution is 5.92. The standard InChI is InChI=1S/C14H20N4O2/c1-17-10-3-4-11(17)9-18(8-7-10)14(19)12-5-6-13(20-2)16-15-12/h5-6,10-11H,3-4,7-9H2,1-2H3/t10-,11+/m1/s1. The van der Waals surface area contributed by atoms with Crippen LogP contribution in [0.2, 0.25) is 0 Å². The Kier molecular flexibility index (Phi) is 3.56. The Balaban J connectivity index is 1.73. The molecule has 1 aromatic heterocycles. The highest BCUT2D eigenvalue weighted by atomic mass is 16.5. The van der Waals surface area contributed by atoms with Gasteiger partial charge in [0.2, 0.25) is 5.88 Å². The molecule has 0 aromatic carbocycles. The Hall–Kier alpha value is -1.69. The quantitative estimate of drug-likeness (QED) is 0.799. The molecule has 0 spiro atoms. The Morgan fingerprint density at radius 3 is 2.75 bits per heavy atom. The van der Waals surface area contributed by atoms with E-state index in [1.54, 1.807) is 12.1 Å². The maximum atomic E-state index is 12.5. The van der Waals surface area contributed by atoms with Gasteiger partial charge in [-0.05, 0) is 32.4 Å². The Morgan fingerprint density at radius 1 is 1.25 bits per heavy atom. The molecule has 0 unspecified atom stereocenters. The first-order chi connectivity index (χ1) is 9.69. The smallest absolute Gasteiger partial charge is 0.274 e. The van der Waals surface area contributed by atoms with Gasteiger partial charge >= 0.3 is 0 Å². The van der Waals surface area contributed by atoms with Gasteiger partial charge in [-0.1, -0.05) is 0 Å². The first kappa shape index (κ1) is 13.3. The van der Waals surface area contributed by atoms with E-state index < -0.39 is 0 Å². The van der Waals surface area contributed by atoms with Crippen LogP contribution in [0.15, 0.2) is 12.1 Å². The number of ether oxygens (including phenoxy) is 1. The normalized spacial score (nSPS) is 26.4. The second-order valence-corrected chi connectivity index (χ2v) is 5.55. The number of rotatable bonds is 2. The molecule has 20 heavy (non-hydrogen) atoms. The van der Waals surface area contributed by atoms with Crippen molar-refractivity contribution in [2.75, 3.05) is 27.2 Å². The first-order valence-corrected chi connectivity index (χ1v) is 7.08. The Labute approximate surface area is 118 Å². The lowest BCUT2D eigenvalue weighted by atomic mass is 10.1. The number of hydrogen-bond acceptors (Lipinski definition) is 5. The summed E-state index contributed by atoms with van der Waals surface area (Å²) in [6, 6.07) is 4.47. The van der Waals surface area contributed by atoms with Crippen molar-refractivity contribution in [1.82, 2.24) is 20.0 Å². The van der Waals surface area contributed by atoms with Gasteiger partial charge in [0.05, 0.1) is 7.11 Å². The molecule has 6 nitrogen and oxygen atoms in total. The monoisotopic (exact) mass is 276 g/mol. The third kappa shape index (κ3) is 2.35. The number of carbonyl (C=O) groups excluding carboxylic acids is 1. The van der Waals surface area contributed by atoms with Crippen LogP contribution in [0.4, 0.5) is 0 Å². The minimum absolute atomic E-state index is 0.0268. The van der Waals surface area contributed by atoms with Crippen molar-refractivity contribution < 1.29 is 9.53 Å². The van der Waals surface area contributed by atoms with Gasteiger partial charge in [-0.2, -0.15) is 0 Å². The van der Waals surface area contributed by atoms with Crippen molar-refractivity contribution in [3.63, 3.8) is 0 Å². The zero-order valence-electron chi connectivity index (χ0n) is 12.0. The molecule has 0 N–H and O–H groups in total. The molecule has 108 valence electrons. The molecule has 2 aliphatic rings. The number of likely N-dealkylation sites (tertiary alicyclic amines) is 1. The van der Waals surface area contributed by atoms with Crippen LogP contribution in [-0.2, 0) is 0 Å². The number of aromatic nitrogens is 2. The summed E-state index contributed by atoms with van der Waals surface area (Å²) in [7, 11) is 3.70. The van der Waals surface area contributed by atoms with Gasteiger partial charge in [0.1, 0.15) is 0 Å². The number of amides is 1. The highest BCUT2D eigenvalue weighted by Crippen LogP contribution is 2.28. The van der Waals surface area contributed by atoms with Gasteiger partial charge in [-0.15, -0.1) is 10.2 Å². The molecule has 1 amide bonds. The molecular formula is C14H20N4O2. The van der Waals surface area contributed by atoms with Gasteiger partial charge in [0, 0.05) is 31.2 Å². The van der Waals surface area contributed by atoms with Crippen molar-refractivity contribution in [1.29, 1.82) is 0 Å².